The standard InChI is InChI=1S/C46H43N5O/c1-45(2,3)34-29-37(41(52)38(30-34)46(4,5)6)44-49-42(32-20-11-8-12-21-32)48-43(50-44)33-22-17-23-35(28-33)51(40-26-15-16-27-47-40)39-25-14-13-24-36(39)31-18-9-7-10-19-31/h7-30,52H,1-6H3. The molecule has 7 aromatic rings. The monoisotopic (exact) mass is 681 g/mol. The maximum absolute atomic E-state index is 11.9. The first kappa shape index (κ1) is 34.3. The third-order valence-corrected chi connectivity index (χ3v) is 9.16. The highest BCUT2D eigenvalue weighted by Gasteiger charge is 2.27. The van der Waals surface area contributed by atoms with Crippen molar-refractivity contribution in [3.8, 4) is 51.0 Å². The van der Waals surface area contributed by atoms with E-state index in [1.807, 2.05) is 79.0 Å². The lowest BCUT2D eigenvalue weighted by atomic mass is 9.79. The van der Waals surface area contributed by atoms with Gasteiger partial charge in [-0.1, -0.05) is 145 Å². The van der Waals surface area contributed by atoms with Gasteiger partial charge in [0.05, 0.1) is 11.3 Å². The highest BCUT2D eigenvalue weighted by atomic mass is 16.3. The van der Waals surface area contributed by atoms with Crippen LogP contribution in [0.15, 0.2) is 146 Å². The Balaban J connectivity index is 1.44. The van der Waals surface area contributed by atoms with E-state index in [0.29, 0.717) is 23.0 Å². The van der Waals surface area contributed by atoms with Crippen molar-refractivity contribution >= 4 is 17.2 Å². The van der Waals surface area contributed by atoms with E-state index >= 15 is 0 Å². The molecule has 0 radical (unpaired) electrons. The number of aromatic nitrogens is 4. The molecule has 0 saturated carbocycles. The summed E-state index contributed by atoms with van der Waals surface area (Å²) >= 11 is 0. The Morgan fingerprint density at radius 1 is 0.500 bits per heavy atom. The average molecular weight is 682 g/mol. The van der Waals surface area contributed by atoms with Gasteiger partial charge < -0.3 is 5.11 Å². The van der Waals surface area contributed by atoms with Crippen LogP contribution < -0.4 is 4.90 Å². The summed E-state index contributed by atoms with van der Waals surface area (Å²) in [4.78, 5) is 22.1. The Morgan fingerprint density at radius 3 is 1.75 bits per heavy atom. The van der Waals surface area contributed by atoms with Gasteiger partial charge in [0.1, 0.15) is 11.6 Å². The molecule has 0 aliphatic rings. The fourth-order valence-electron chi connectivity index (χ4n) is 6.35. The lowest BCUT2D eigenvalue weighted by molar-refractivity contribution is 0.446. The molecule has 0 aliphatic heterocycles. The molecule has 0 spiro atoms. The first-order valence-corrected chi connectivity index (χ1v) is 17.6. The van der Waals surface area contributed by atoms with Crippen LogP contribution in [0.5, 0.6) is 5.75 Å². The average Bonchev–Trinajstić information content (AvgIpc) is 3.15. The minimum absolute atomic E-state index is 0.167. The largest absolute Gasteiger partial charge is 0.507 e. The number of para-hydroxylation sites is 1. The molecule has 0 fully saturated rings. The van der Waals surface area contributed by atoms with Crippen molar-refractivity contribution in [3.63, 3.8) is 0 Å². The summed E-state index contributed by atoms with van der Waals surface area (Å²) in [5.74, 6) is 2.41. The summed E-state index contributed by atoms with van der Waals surface area (Å²) in [7, 11) is 0. The number of hydrogen-bond acceptors (Lipinski definition) is 6. The van der Waals surface area contributed by atoms with E-state index in [2.05, 4.69) is 113 Å². The highest BCUT2D eigenvalue weighted by Crippen LogP contribution is 2.43. The third-order valence-electron chi connectivity index (χ3n) is 9.16. The number of phenolic OH excluding ortho intramolecular Hbond substituents is 1. The maximum Gasteiger partial charge on any atom is 0.167 e. The molecule has 6 heteroatoms. The normalized spacial score (nSPS) is 11.7. The number of phenols is 1. The van der Waals surface area contributed by atoms with Crippen molar-refractivity contribution in [2.75, 3.05) is 4.90 Å². The summed E-state index contributed by atoms with van der Waals surface area (Å²) in [6.45, 7) is 12.9. The van der Waals surface area contributed by atoms with Gasteiger partial charge >= 0.3 is 0 Å². The molecule has 6 nitrogen and oxygen atoms in total. The van der Waals surface area contributed by atoms with Gasteiger partial charge in [-0.3, -0.25) is 4.90 Å². The molecule has 0 atom stereocenters. The Bertz CT molecular complexity index is 2330. The summed E-state index contributed by atoms with van der Waals surface area (Å²) in [5.41, 5.74) is 7.80. The van der Waals surface area contributed by atoms with Crippen molar-refractivity contribution in [2.45, 2.75) is 52.4 Å². The van der Waals surface area contributed by atoms with Gasteiger partial charge in [-0.15, -0.1) is 0 Å². The first-order chi connectivity index (χ1) is 25.0. The predicted octanol–water partition coefficient (Wildman–Crippen LogP) is 11.7. The fourth-order valence-corrected chi connectivity index (χ4v) is 6.35. The van der Waals surface area contributed by atoms with E-state index in [9.17, 15) is 5.11 Å². The Hall–Kier alpha value is -6.14. The van der Waals surface area contributed by atoms with E-state index in [0.717, 1.165) is 50.6 Å². The van der Waals surface area contributed by atoms with Crippen LogP contribution in [0.3, 0.4) is 0 Å². The number of nitrogens with zero attached hydrogens (tertiary/aromatic N) is 5. The predicted molar refractivity (Wildman–Crippen MR) is 213 cm³/mol. The lowest BCUT2D eigenvalue weighted by Crippen LogP contribution is -2.17. The number of benzene rings is 5. The number of aromatic hydroxyl groups is 1. The zero-order valence-corrected chi connectivity index (χ0v) is 30.5. The van der Waals surface area contributed by atoms with Crippen LogP contribution in [0, 0.1) is 0 Å². The molecule has 0 aliphatic carbocycles. The third kappa shape index (κ3) is 7.06. The summed E-state index contributed by atoms with van der Waals surface area (Å²) < 4.78 is 0. The summed E-state index contributed by atoms with van der Waals surface area (Å²) in [6, 6.07) is 47.0. The zero-order chi connectivity index (χ0) is 36.5. The zero-order valence-electron chi connectivity index (χ0n) is 30.5. The van der Waals surface area contributed by atoms with Crippen LogP contribution in [-0.2, 0) is 10.8 Å². The van der Waals surface area contributed by atoms with Gasteiger partial charge in [0.15, 0.2) is 17.5 Å². The molecular weight excluding hydrogens is 639 g/mol. The Labute approximate surface area is 306 Å². The van der Waals surface area contributed by atoms with Crippen molar-refractivity contribution < 1.29 is 5.11 Å². The topological polar surface area (TPSA) is 75.0 Å². The van der Waals surface area contributed by atoms with Crippen LogP contribution in [0.4, 0.5) is 17.2 Å². The molecule has 5 aromatic carbocycles. The molecule has 2 aromatic heterocycles. The van der Waals surface area contributed by atoms with E-state index in [1.165, 1.54) is 0 Å². The molecule has 52 heavy (non-hydrogen) atoms. The highest BCUT2D eigenvalue weighted by molar-refractivity contribution is 5.88. The fraction of sp³-hybridized carbons (Fsp3) is 0.174. The smallest absolute Gasteiger partial charge is 0.167 e. The van der Waals surface area contributed by atoms with Gasteiger partial charge in [-0.25, -0.2) is 19.9 Å². The van der Waals surface area contributed by atoms with E-state index in [4.69, 9.17) is 19.9 Å². The van der Waals surface area contributed by atoms with Crippen molar-refractivity contribution in [1.82, 2.24) is 19.9 Å². The van der Waals surface area contributed by atoms with Crippen LogP contribution in [-0.4, -0.2) is 25.0 Å². The van der Waals surface area contributed by atoms with Crippen LogP contribution in [0.2, 0.25) is 0 Å². The van der Waals surface area contributed by atoms with Crippen LogP contribution in [0.25, 0.3) is 45.3 Å². The van der Waals surface area contributed by atoms with Gasteiger partial charge in [-0.05, 0) is 58.4 Å². The van der Waals surface area contributed by atoms with Gasteiger partial charge in [0.2, 0.25) is 0 Å². The van der Waals surface area contributed by atoms with E-state index in [-0.39, 0.29) is 16.6 Å². The van der Waals surface area contributed by atoms with Gasteiger partial charge in [0, 0.05) is 34.1 Å². The number of pyridine rings is 1. The molecule has 1 N–H and O–H groups in total. The molecule has 7 rings (SSSR count). The molecule has 2 heterocycles. The number of rotatable bonds is 7. The second kappa shape index (κ2) is 13.9. The molecule has 0 unspecified atom stereocenters. The lowest BCUT2D eigenvalue weighted by Gasteiger charge is -2.27. The number of hydrogen-bond donors (Lipinski definition) is 1. The van der Waals surface area contributed by atoms with Crippen molar-refractivity contribution in [2.24, 2.45) is 0 Å². The van der Waals surface area contributed by atoms with Gasteiger partial charge in [0.25, 0.3) is 0 Å². The first-order valence-electron chi connectivity index (χ1n) is 17.6. The Kier molecular flexibility index (Phi) is 9.16. The Morgan fingerprint density at radius 2 is 1.10 bits per heavy atom. The van der Waals surface area contributed by atoms with E-state index in [1.54, 1.807) is 0 Å². The summed E-state index contributed by atoms with van der Waals surface area (Å²) in [5, 5.41) is 11.9. The minimum Gasteiger partial charge on any atom is -0.507 e. The second-order valence-corrected chi connectivity index (χ2v) is 15.0. The molecular formula is C46H43N5O. The van der Waals surface area contributed by atoms with Crippen molar-refractivity contribution in [1.29, 1.82) is 0 Å². The summed E-state index contributed by atoms with van der Waals surface area (Å²) in [6.07, 6.45) is 1.81. The number of anilines is 3. The molecule has 0 bridgehead atoms. The van der Waals surface area contributed by atoms with E-state index < -0.39 is 0 Å². The molecule has 0 saturated heterocycles. The SMILES string of the molecule is CC(C)(C)c1cc(-c2nc(-c3ccccc3)nc(-c3cccc(N(c4ccccn4)c4ccccc4-c4ccccc4)c3)n2)c(O)c(C(C)(C)C)c1. The quantitative estimate of drug-likeness (QED) is 0.180. The minimum atomic E-state index is -0.308. The maximum atomic E-state index is 11.9. The van der Waals surface area contributed by atoms with Crippen LogP contribution in [0.1, 0.15) is 52.7 Å². The second-order valence-electron chi connectivity index (χ2n) is 15.0. The van der Waals surface area contributed by atoms with Crippen molar-refractivity contribution in [3.05, 3.63) is 157 Å². The van der Waals surface area contributed by atoms with Crippen LogP contribution >= 0.6 is 0 Å². The molecule has 0 amide bonds. The molecule has 258 valence electrons. The van der Waals surface area contributed by atoms with Gasteiger partial charge in [-0.2, -0.15) is 0 Å².